The molecule has 0 N–H and O–H groups in total. The van der Waals surface area contributed by atoms with E-state index in [9.17, 15) is 0 Å². The third-order valence-electron chi connectivity index (χ3n) is 4.28. The topological polar surface area (TPSA) is 24.7 Å². The van der Waals surface area contributed by atoms with Crippen molar-refractivity contribution in [1.82, 2.24) is 0 Å². The van der Waals surface area contributed by atoms with Gasteiger partial charge in [-0.2, -0.15) is 0 Å². The summed E-state index contributed by atoms with van der Waals surface area (Å²) in [5.74, 6) is 0.889. The molecule has 20 heavy (non-hydrogen) atoms. The van der Waals surface area contributed by atoms with Crippen LogP contribution in [0.2, 0.25) is 0 Å². The molecule has 0 aromatic heterocycles. The molecule has 2 unspecified atom stereocenters. The number of nitrogens with zero attached hydrogens (tertiary/aromatic N) is 2. The molecule has 0 rings (SSSR count). The standard InChI is InChI=1S/C18H36N2/c1-7-16(2)10-8-12-18(4,5)13-9-11-17(3)20-15-14-19-6/h14-17H,7-13H2,1-6H3. The van der Waals surface area contributed by atoms with Crippen LogP contribution in [0.15, 0.2) is 9.98 Å². The SMILES string of the molecule is CCC(C)CCCC(C)(C)CCCC(C)N=CC=NC. The van der Waals surface area contributed by atoms with Crippen molar-refractivity contribution in [2.45, 2.75) is 85.6 Å². The van der Waals surface area contributed by atoms with E-state index in [0.29, 0.717) is 11.5 Å². The van der Waals surface area contributed by atoms with Gasteiger partial charge in [-0.3, -0.25) is 9.98 Å². The predicted molar refractivity (Wildman–Crippen MR) is 93.3 cm³/mol. The lowest BCUT2D eigenvalue weighted by Crippen LogP contribution is -2.13. The summed E-state index contributed by atoms with van der Waals surface area (Å²) in [6.45, 7) is 11.7. The second-order valence-corrected chi connectivity index (χ2v) is 7.02. The zero-order valence-electron chi connectivity index (χ0n) is 14.7. The molecule has 0 heterocycles. The molecule has 0 spiro atoms. The van der Waals surface area contributed by atoms with Crippen molar-refractivity contribution in [3.8, 4) is 0 Å². The highest BCUT2D eigenvalue weighted by molar-refractivity contribution is 6.15. The van der Waals surface area contributed by atoms with Crippen molar-refractivity contribution in [1.29, 1.82) is 0 Å². The van der Waals surface area contributed by atoms with Crippen LogP contribution in [0.3, 0.4) is 0 Å². The Morgan fingerprint density at radius 3 is 2.15 bits per heavy atom. The Hall–Kier alpha value is -0.660. The van der Waals surface area contributed by atoms with Crippen LogP contribution in [-0.4, -0.2) is 25.5 Å². The highest BCUT2D eigenvalue weighted by atomic mass is 14.8. The predicted octanol–water partition coefficient (Wildman–Crippen LogP) is 5.56. The first-order chi connectivity index (χ1) is 9.41. The number of aliphatic imine (C=N–C) groups is 2. The molecule has 0 fully saturated rings. The Balaban J connectivity index is 3.80. The van der Waals surface area contributed by atoms with Crippen LogP contribution in [0.1, 0.15) is 79.6 Å². The molecule has 118 valence electrons. The summed E-state index contributed by atoms with van der Waals surface area (Å²) in [4.78, 5) is 8.36. The van der Waals surface area contributed by atoms with Crippen molar-refractivity contribution in [3.63, 3.8) is 0 Å². The van der Waals surface area contributed by atoms with E-state index in [2.05, 4.69) is 44.6 Å². The van der Waals surface area contributed by atoms with Gasteiger partial charge < -0.3 is 0 Å². The lowest BCUT2D eigenvalue weighted by molar-refractivity contribution is 0.274. The third kappa shape index (κ3) is 11.2. The van der Waals surface area contributed by atoms with Crippen molar-refractivity contribution in [2.75, 3.05) is 7.05 Å². The monoisotopic (exact) mass is 280 g/mol. The minimum atomic E-state index is 0.420. The molecule has 0 aliphatic carbocycles. The second kappa shape index (κ2) is 11.0. The zero-order chi connectivity index (χ0) is 15.4. The summed E-state index contributed by atoms with van der Waals surface area (Å²) >= 11 is 0. The summed E-state index contributed by atoms with van der Waals surface area (Å²) < 4.78 is 0. The Morgan fingerprint density at radius 1 is 1.00 bits per heavy atom. The fourth-order valence-electron chi connectivity index (χ4n) is 2.46. The maximum absolute atomic E-state index is 4.46. The minimum Gasteiger partial charge on any atom is -0.295 e. The fourth-order valence-corrected chi connectivity index (χ4v) is 2.46. The van der Waals surface area contributed by atoms with E-state index in [1.54, 1.807) is 13.3 Å². The lowest BCUT2D eigenvalue weighted by atomic mass is 9.81. The van der Waals surface area contributed by atoms with Gasteiger partial charge in [0.15, 0.2) is 0 Å². The molecule has 0 aliphatic rings. The minimum absolute atomic E-state index is 0.420. The average molecular weight is 280 g/mol. The van der Waals surface area contributed by atoms with Gasteiger partial charge in [-0.1, -0.05) is 53.4 Å². The van der Waals surface area contributed by atoms with E-state index < -0.39 is 0 Å². The second-order valence-electron chi connectivity index (χ2n) is 7.02. The molecular weight excluding hydrogens is 244 g/mol. The Labute approximate surface area is 127 Å². The molecule has 0 aliphatic heterocycles. The average Bonchev–Trinajstić information content (AvgIpc) is 2.38. The van der Waals surface area contributed by atoms with Gasteiger partial charge in [0.1, 0.15) is 0 Å². The largest absolute Gasteiger partial charge is 0.295 e. The van der Waals surface area contributed by atoms with Crippen LogP contribution in [-0.2, 0) is 0 Å². The molecule has 0 saturated carbocycles. The molecule has 0 aromatic rings. The van der Waals surface area contributed by atoms with Gasteiger partial charge in [0.25, 0.3) is 0 Å². The van der Waals surface area contributed by atoms with Gasteiger partial charge in [0, 0.05) is 25.5 Å². The van der Waals surface area contributed by atoms with E-state index in [1.807, 2.05) is 6.21 Å². The van der Waals surface area contributed by atoms with Crippen LogP contribution >= 0.6 is 0 Å². The van der Waals surface area contributed by atoms with Crippen molar-refractivity contribution in [3.05, 3.63) is 0 Å². The molecule has 0 radical (unpaired) electrons. The summed E-state index contributed by atoms with van der Waals surface area (Å²) in [5, 5.41) is 0. The first-order valence-corrected chi connectivity index (χ1v) is 8.35. The maximum Gasteiger partial charge on any atom is 0.0472 e. The molecular formula is C18H36N2. The zero-order valence-corrected chi connectivity index (χ0v) is 14.7. The van der Waals surface area contributed by atoms with Gasteiger partial charge in [0.2, 0.25) is 0 Å². The summed E-state index contributed by atoms with van der Waals surface area (Å²) in [6, 6.07) is 0.420. The molecule has 0 bridgehead atoms. The van der Waals surface area contributed by atoms with E-state index in [1.165, 1.54) is 44.9 Å². The normalized spacial score (nSPS) is 16.1. The van der Waals surface area contributed by atoms with Crippen molar-refractivity contribution in [2.24, 2.45) is 21.3 Å². The number of hydrogen-bond donors (Lipinski definition) is 0. The highest BCUT2D eigenvalue weighted by Gasteiger charge is 2.17. The Morgan fingerprint density at radius 2 is 1.60 bits per heavy atom. The van der Waals surface area contributed by atoms with Crippen LogP contribution in [0.5, 0.6) is 0 Å². The van der Waals surface area contributed by atoms with Crippen LogP contribution in [0, 0.1) is 11.3 Å². The summed E-state index contributed by atoms with van der Waals surface area (Å²) in [6.07, 6.45) is 12.8. The highest BCUT2D eigenvalue weighted by Crippen LogP contribution is 2.31. The first-order valence-electron chi connectivity index (χ1n) is 8.35. The van der Waals surface area contributed by atoms with E-state index in [0.717, 1.165) is 5.92 Å². The molecule has 2 atom stereocenters. The van der Waals surface area contributed by atoms with E-state index in [4.69, 9.17) is 0 Å². The Bertz CT molecular complexity index is 279. The van der Waals surface area contributed by atoms with Gasteiger partial charge >= 0.3 is 0 Å². The third-order valence-corrected chi connectivity index (χ3v) is 4.28. The van der Waals surface area contributed by atoms with E-state index in [-0.39, 0.29) is 0 Å². The smallest absolute Gasteiger partial charge is 0.0472 e. The van der Waals surface area contributed by atoms with Gasteiger partial charge in [-0.25, -0.2) is 0 Å². The summed E-state index contributed by atoms with van der Waals surface area (Å²) in [5.41, 5.74) is 0.488. The molecule has 2 nitrogen and oxygen atoms in total. The molecule has 2 heteroatoms. The van der Waals surface area contributed by atoms with Crippen molar-refractivity contribution >= 4 is 12.4 Å². The van der Waals surface area contributed by atoms with Crippen LogP contribution in [0.4, 0.5) is 0 Å². The Kier molecular flexibility index (Phi) is 10.7. The molecule has 0 aromatic carbocycles. The van der Waals surface area contributed by atoms with Gasteiger partial charge in [0.05, 0.1) is 0 Å². The van der Waals surface area contributed by atoms with Gasteiger partial charge in [-0.05, 0) is 37.5 Å². The summed E-state index contributed by atoms with van der Waals surface area (Å²) in [7, 11) is 1.78. The van der Waals surface area contributed by atoms with Gasteiger partial charge in [-0.15, -0.1) is 0 Å². The first kappa shape index (κ1) is 19.3. The van der Waals surface area contributed by atoms with E-state index >= 15 is 0 Å². The molecule has 0 amide bonds. The maximum atomic E-state index is 4.46. The van der Waals surface area contributed by atoms with Crippen molar-refractivity contribution < 1.29 is 0 Å². The number of hydrogen-bond acceptors (Lipinski definition) is 2. The quantitative estimate of drug-likeness (QED) is 0.443. The van der Waals surface area contributed by atoms with Crippen LogP contribution < -0.4 is 0 Å². The lowest BCUT2D eigenvalue weighted by Gasteiger charge is -2.25. The van der Waals surface area contributed by atoms with Crippen LogP contribution in [0.25, 0.3) is 0 Å². The molecule has 0 saturated heterocycles. The number of rotatable bonds is 11. The fraction of sp³-hybridized carbons (Fsp3) is 0.889.